The smallest absolute Gasteiger partial charge is 0.0547 e. The van der Waals surface area contributed by atoms with Crippen molar-refractivity contribution in [3.63, 3.8) is 0 Å². The van der Waals surface area contributed by atoms with Gasteiger partial charge in [0.1, 0.15) is 0 Å². The second kappa shape index (κ2) is 10.8. The fraction of sp³-hybridized carbons (Fsp3) is 0. The molecule has 0 radical (unpaired) electrons. The predicted molar refractivity (Wildman–Crippen MR) is 195 cm³/mol. The molecule has 1 heterocycles. The van der Waals surface area contributed by atoms with Crippen LogP contribution in [0.3, 0.4) is 0 Å². The van der Waals surface area contributed by atoms with Gasteiger partial charge in [-0.2, -0.15) is 0 Å². The fourth-order valence-electron chi connectivity index (χ4n) is 7.08. The number of para-hydroxylation sites is 1. The van der Waals surface area contributed by atoms with Gasteiger partial charge in [0.2, 0.25) is 0 Å². The lowest BCUT2D eigenvalue weighted by atomic mass is 9.87. The van der Waals surface area contributed by atoms with E-state index in [2.05, 4.69) is 192 Å². The average Bonchev–Trinajstić information content (AvgIpc) is 3.13. The molecule has 1 aliphatic rings. The Labute approximate surface area is 269 Å². The van der Waals surface area contributed by atoms with E-state index in [1.807, 2.05) is 0 Å². The van der Waals surface area contributed by atoms with E-state index in [0.717, 1.165) is 22.7 Å². The molecule has 0 saturated carbocycles. The van der Waals surface area contributed by atoms with Gasteiger partial charge in [-0.3, -0.25) is 0 Å². The Morgan fingerprint density at radius 1 is 0.391 bits per heavy atom. The minimum atomic E-state index is 1.11. The molecule has 0 unspecified atom stereocenters. The first-order valence-electron chi connectivity index (χ1n) is 15.8. The molecule has 9 rings (SSSR count). The minimum Gasteiger partial charge on any atom is -0.310 e. The molecule has 0 amide bonds. The summed E-state index contributed by atoms with van der Waals surface area (Å²) in [4.78, 5) is 4.77. The monoisotopic (exact) mass is 586 g/mol. The molecule has 0 saturated heterocycles. The molecule has 1 aliphatic heterocycles. The van der Waals surface area contributed by atoms with E-state index in [9.17, 15) is 0 Å². The maximum atomic E-state index is 2.43. The summed E-state index contributed by atoms with van der Waals surface area (Å²) >= 11 is 0. The Bertz CT molecular complexity index is 2350. The molecule has 2 heteroatoms. The lowest BCUT2D eigenvalue weighted by Crippen LogP contribution is -2.15. The van der Waals surface area contributed by atoms with Crippen molar-refractivity contribution < 1.29 is 0 Å². The second-order valence-corrected chi connectivity index (χ2v) is 11.8. The Balaban J connectivity index is 1.20. The van der Waals surface area contributed by atoms with Crippen molar-refractivity contribution in [1.82, 2.24) is 0 Å². The van der Waals surface area contributed by atoms with Crippen molar-refractivity contribution in [2.75, 3.05) is 9.80 Å². The zero-order valence-electron chi connectivity index (χ0n) is 25.2. The van der Waals surface area contributed by atoms with Crippen molar-refractivity contribution in [2.24, 2.45) is 0 Å². The summed E-state index contributed by atoms with van der Waals surface area (Å²) in [6.07, 6.45) is 0. The molecule has 0 atom stereocenters. The highest BCUT2D eigenvalue weighted by molar-refractivity contribution is 6.19. The average molecular weight is 587 g/mol. The standard InChI is InChI=1S/C44H30N2/c1-3-12-31(13-4-1)34-17-9-20-38(30-34)45(35-18-5-2-6-19-35)36-25-27-37(28-26-36)46-41-23-11-16-33-15-10-22-40(43(33)41)44-39-21-8-7-14-32(39)24-29-42(44)46/h1-30H. The number of rotatable bonds is 5. The van der Waals surface area contributed by atoms with E-state index in [4.69, 9.17) is 0 Å². The zero-order valence-corrected chi connectivity index (χ0v) is 25.2. The van der Waals surface area contributed by atoms with Crippen LogP contribution in [0.1, 0.15) is 0 Å². The van der Waals surface area contributed by atoms with Gasteiger partial charge in [-0.05, 0) is 93.5 Å². The SMILES string of the molecule is c1ccc(-c2cccc(N(c3ccccc3)c3ccc(N4c5ccc6ccccc6c5-c5cccc6cccc4c56)cc3)c2)cc1. The van der Waals surface area contributed by atoms with E-state index < -0.39 is 0 Å². The lowest BCUT2D eigenvalue weighted by Gasteiger charge is -2.34. The van der Waals surface area contributed by atoms with Crippen molar-refractivity contribution in [2.45, 2.75) is 0 Å². The molecule has 0 fully saturated rings. The van der Waals surface area contributed by atoms with E-state index in [1.165, 1.54) is 55.2 Å². The summed E-state index contributed by atoms with van der Waals surface area (Å²) < 4.78 is 0. The molecular weight excluding hydrogens is 556 g/mol. The number of hydrogen-bond acceptors (Lipinski definition) is 2. The summed E-state index contributed by atoms with van der Waals surface area (Å²) in [5, 5.41) is 5.08. The summed E-state index contributed by atoms with van der Waals surface area (Å²) in [6, 6.07) is 65.6. The van der Waals surface area contributed by atoms with Crippen molar-refractivity contribution in [3.05, 3.63) is 182 Å². The molecule has 8 aromatic carbocycles. The number of hydrogen-bond donors (Lipinski definition) is 0. The quantitative estimate of drug-likeness (QED) is 0.198. The molecule has 46 heavy (non-hydrogen) atoms. The van der Waals surface area contributed by atoms with Crippen LogP contribution < -0.4 is 9.80 Å². The summed E-state index contributed by atoms with van der Waals surface area (Å²) in [6.45, 7) is 0. The molecule has 0 aromatic heterocycles. The van der Waals surface area contributed by atoms with Crippen molar-refractivity contribution in [3.8, 4) is 22.3 Å². The van der Waals surface area contributed by atoms with E-state index >= 15 is 0 Å². The Kier molecular flexibility index (Phi) is 6.17. The number of fused-ring (bicyclic) bond motifs is 4. The molecule has 216 valence electrons. The van der Waals surface area contributed by atoms with Crippen LogP contribution in [0.5, 0.6) is 0 Å². The Morgan fingerprint density at radius 2 is 1.02 bits per heavy atom. The van der Waals surface area contributed by atoms with Crippen LogP contribution in [-0.2, 0) is 0 Å². The normalized spacial score (nSPS) is 11.9. The number of nitrogens with zero attached hydrogens (tertiary/aromatic N) is 2. The maximum Gasteiger partial charge on any atom is 0.0547 e. The summed E-state index contributed by atoms with van der Waals surface area (Å²) in [5.41, 5.74) is 11.9. The van der Waals surface area contributed by atoms with Crippen LogP contribution in [0.4, 0.5) is 34.1 Å². The van der Waals surface area contributed by atoms with Crippen LogP contribution in [0, 0.1) is 0 Å². The third kappa shape index (κ3) is 4.27. The van der Waals surface area contributed by atoms with Gasteiger partial charge in [0.05, 0.1) is 11.4 Å². The van der Waals surface area contributed by atoms with Crippen LogP contribution in [-0.4, -0.2) is 0 Å². The van der Waals surface area contributed by atoms with Gasteiger partial charge in [0, 0.05) is 33.7 Å². The first kappa shape index (κ1) is 26.3. The van der Waals surface area contributed by atoms with Crippen molar-refractivity contribution in [1.29, 1.82) is 0 Å². The van der Waals surface area contributed by atoms with E-state index in [-0.39, 0.29) is 0 Å². The summed E-state index contributed by atoms with van der Waals surface area (Å²) in [5.74, 6) is 0. The second-order valence-electron chi connectivity index (χ2n) is 11.8. The number of anilines is 6. The lowest BCUT2D eigenvalue weighted by molar-refractivity contribution is 1.26. The van der Waals surface area contributed by atoms with Crippen LogP contribution >= 0.6 is 0 Å². The Hall–Kier alpha value is -6.12. The van der Waals surface area contributed by atoms with Crippen LogP contribution in [0.25, 0.3) is 43.8 Å². The largest absolute Gasteiger partial charge is 0.310 e. The molecule has 0 aliphatic carbocycles. The van der Waals surface area contributed by atoms with E-state index in [1.54, 1.807) is 0 Å². The van der Waals surface area contributed by atoms with Gasteiger partial charge in [-0.15, -0.1) is 0 Å². The first-order chi connectivity index (χ1) is 22.8. The highest BCUT2D eigenvalue weighted by Crippen LogP contribution is 2.53. The van der Waals surface area contributed by atoms with Crippen LogP contribution in [0.2, 0.25) is 0 Å². The third-order valence-corrected chi connectivity index (χ3v) is 9.13. The van der Waals surface area contributed by atoms with Gasteiger partial charge in [-0.25, -0.2) is 0 Å². The van der Waals surface area contributed by atoms with Gasteiger partial charge in [0.25, 0.3) is 0 Å². The molecular formula is C44H30N2. The van der Waals surface area contributed by atoms with Crippen LogP contribution in [0.15, 0.2) is 182 Å². The molecule has 0 N–H and O–H groups in total. The summed E-state index contributed by atoms with van der Waals surface area (Å²) in [7, 11) is 0. The molecule has 0 bridgehead atoms. The maximum absolute atomic E-state index is 2.43. The number of benzene rings is 8. The zero-order chi connectivity index (χ0) is 30.5. The van der Waals surface area contributed by atoms with Crippen molar-refractivity contribution >= 4 is 55.7 Å². The molecule has 8 aromatic rings. The topological polar surface area (TPSA) is 6.48 Å². The fourth-order valence-corrected chi connectivity index (χ4v) is 7.08. The highest BCUT2D eigenvalue weighted by Gasteiger charge is 2.27. The van der Waals surface area contributed by atoms with Gasteiger partial charge in [0.15, 0.2) is 0 Å². The molecule has 2 nitrogen and oxygen atoms in total. The highest BCUT2D eigenvalue weighted by atomic mass is 15.2. The van der Waals surface area contributed by atoms with E-state index in [0.29, 0.717) is 0 Å². The molecule has 0 spiro atoms. The van der Waals surface area contributed by atoms with Gasteiger partial charge in [-0.1, -0.05) is 121 Å². The Morgan fingerprint density at radius 3 is 1.85 bits per heavy atom. The third-order valence-electron chi connectivity index (χ3n) is 9.13. The van der Waals surface area contributed by atoms with Gasteiger partial charge >= 0.3 is 0 Å². The van der Waals surface area contributed by atoms with Gasteiger partial charge < -0.3 is 9.80 Å². The first-order valence-corrected chi connectivity index (χ1v) is 15.8. The minimum absolute atomic E-state index is 1.11. The predicted octanol–water partition coefficient (Wildman–Crippen LogP) is 12.6.